The van der Waals surface area contributed by atoms with Crippen LogP contribution in [0.15, 0.2) is 0 Å². The summed E-state index contributed by atoms with van der Waals surface area (Å²) in [7, 11) is 0. The van der Waals surface area contributed by atoms with Crippen LogP contribution in [0, 0.1) is 10.1 Å². The zero-order valence-corrected chi connectivity index (χ0v) is 12.9. The molecule has 0 aliphatic rings. The summed E-state index contributed by atoms with van der Waals surface area (Å²) in [5.41, 5.74) is 4.83. The molecule has 10 heteroatoms. The first-order chi connectivity index (χ1) is 10.1. The third kappa shape index (κ3) is 11.7. The number of hydrogen-bond donors (Lipinski definition) is 1. The number of hydrogen-bond acceptors (Lipinski definition) is 9. The maximum absolute atomic E-state index is 11.5. The highest BCUT2D eigenvalue weighted by Crippen LogP contribution is 2.08. The molecule has 1 unspecified atom stereocenters. The molecule has 1 atom stereocenters. The van der Waals surface area contributed by atoms with Crippen molar-refractivity contribution in [1.82, 2.24) is 0 Å². The van der Waals surface area contributed by atoms with Crippen LogP contribution >= 0.6 is 0 Å². The molecular weight excluding hydrogens is 300 g/mol. The molecule has 0 bridgehead atoms. The largest absolute Gasteiger partial charge is 0.508 e. The topological polar surface area (TPSA) is 140 Å². The van der Waals surface area contributed by atoms with Gasteiger partial charge in [0.05, 0.1) is 13.2 Å². The highest BCUT2D eigenvalue weighted by molar-refractivity contribution is 5.76. The molecule has 0 fully saturated rings. The van der Waals surface area contributed by atoms with Crippen LogP contribution in [0.25, 0.3) is 0 Å². The number of esters is 1. The van der Waals surface area contributed by atoms with Crippen molar-refractivity contribution in [1.29, 1.82) is 0 Å². The summed E-state index contributed by atoms with van der Waals surface area (Å²) in [6.07, 6.45) is -0.249. The molecule has 0 saturated heterocycles. The van der Waals surface area contributed by atoms with Crippen LogP contribution in [0.4, 0.5) is 4.79 Å². The average molecular weight is 322 g/mol. The molecule has 0 amide bonds. The molecule has 10 nitrogen and oxygen atoms in total. The van der Waals surface area contributed by atoms with Crippen molar-refractivity contribution in [2.24, 2.45) is 5.73 Å². The molecule has 0 aromatic carbocycles. The first-order valence-corrected chi connectivity index (χ1v) is 6.67. The molecule has 0 rings (SSSR count). The van der Waals surface area contributed by atoms with Gasteiger partial charge in [0, 0.05) is 0 Å². The highest BCUT2D eigenvalue weighted by atomic mass is 16.9. The van der Waals surface area contributed by atoms with Gasteiger partial charge < -0.3 is 24.8 Å². The molecule has 0 spiro atoms. The Morgan fingerprint density at radius 1 is 1.18 bits per heavy atom. The van der Waals surface area contributed by atoms with Crippen LogP contribution in [-0.2, 0) is 23.8 Å². The van der Waals surface area contributed by atoms with Crippen LogP contribution < -0.4 is 5.73 Å². The quantitative estimate of drug-likeness (QED) is 0.282. The summed E-state index contributed by atoms with van der Waals surface area (Å²) in [4.78, 5) is 36.7. The Kier molecular flexibility index (Phi) is 8.83. The molecule has 0 saturated carbocycles. The van der Waals surface area contributed by atoms with Gasteiger partial charge >= 0.3 is 12.1 Å². The van der Waals surface area contributed by atoms with Crippen molar-refractivity contribution < 1.29 is 33.7 Å². The number of ether oxygens (including phenoxy) is 3. The minimum absolute atomic E-state index is 0.0155. The summed E-state index contributed by atoms with van der Waals surface area (Å²) >= 11 is 0. The lowest BCUT2D eigenvalue weighted by Gasteiger charge is -2.21. The summed E-state index contributed by atoms with van der Waals surface area (Å²) < 4.78 is 14.4. The van der Waals surface area contributed by atoms with Gasteiger partial charge in [-0.25, -0.2) is 4.79 Å². The van der Waals surface area contributed by atoms with E-state index in [9.17, 15) is 19.7 Å². The van der Waals surface area contributed by atoms with Crippen LogP contribution in [0.2, 0.25) is 0 Å². The van der Waals surface area contributed by atoms with E-state index in [0.717, 1.165) is 0 Å². The number of unbranched alkanes of at least 4 members (excludes halogenated alkanes) is 1. The molecule has 22 heavy (non-hydrogen) atoms. The van der Waals surface area contributed by atoms with E-state index in [2.05, 4.69) is 14.3 Å². The molecule has 0 aromatic rings. The van der Waals surface area contributed by atoms with Crippen LogP contribution in [0.3, 0.4) is 0 Å². The Balaban J connectivity index is 3.72. The van der Waals surface area contributed by atoms with E-state index in [1.165, 1.54) is 0 Å². The van der Waals surface area contributed by atoms with E-state index >= 15 is 0 Å². The van der Waals surface area contributed by atoms with Crippen LogP contribution in [-0.4, -0.2) is 48.7 Å². The minimum atomic E-state index is -1.10. The molecular formula is C12H22N2O8. The summed E-state index contributed by atoms with van der Waals surface area (Å²) in [5.74, 6) is -0.683. The molecule has 128 valence electrons. The van der Waals surface area contributed by atoms with Gasteiger partial charge in [0.2, 0.25) is 0 Å². The smallest absolute Gasteiger partial charge is 0.459 e. The Hall–Kier alpha value is -2.10. The standard InChI is InChI=1S/C12H22N2O8/c1-12(2,3)22-10(15)9(13)8-20-11(16)19-6-4-5-7-21-14(17)18/h9H,4-8,13H2,1-3H3. The molecule has 0 heterocycles. The molecule has 2 N–H and O–H groups in total. The molecule has 0 aliphatic heterocycles. The Bertz CT molecular complexity index is 380. The highest BCUT2D eigenvalue weighted by Gasteiger charge is 2.23. The Labute approximate surface area is 127 Å². The van der Waals surface area contributed by atoms with Crippen molar-refractivity contribution in [2.75, 3.05) is 19.8 Å². The third-order valence-electron chi connectivity index (χ3n) is 2.05. The third-order valence-corrected chi connectivity index (χ3v) is 2.05. The number of nitrogens with zero attached hydrogens (tertiary/aromatic N) is 1. The van der Waals surface area contributed by atoms with Crippen molar-refractivity contribution in [3.05, 3.63) is 10.1 Å². The second-order valence-corrected chi connectivity index (χ2v) is 5.31. The average Bonchev–Trinajstić information content (AvgIpc) is 2.37. The van der Waals surface area contributed by atoms with Gasteiger partial charge in [-0.1, -0.05) is 0 Å². The van der Waals surface area contributed by atoms with E-state index in [0.29, 0.717) is 12.8 Å². The lowest BCUT2D eigenvalue weighted by molar-refractivity contribution is -0.757. The van der Waals surface area contributed by atoms with E-state index in [1.54, 1.807) is 20.8 Å². The van der Waals surface area contributed by atoms with Gasteiger partial charge in [0.1, 0.15) is 18.2 Å². The van der Waals surface area contributed by atoms with E-state index in [4.69, 9.17) is 10.5 Å². The molecule has 0 aliphatic carbocycles. The van der Waals surface area contributed by atoms with Crippen molar-refractivity contribution in [3.8, 4) is 0 Å². The Morgan fingerprint density at radius 2 is 1.77 bits per heavy atom. The number of nitrogens with two attached hydrogens (primary N) is 1. The van der Waals surface area contributed by atoms with Crippen molar-refractivity contribution >= 4 is 12.1 Å². The fourth-order valence-electron chi connectivity index (χ4n) is 1.14. The normalized spacial score (nSPS) is 12.2. The van der Waals surface area contributed by atoms with Crippen LogP contribution in [0.5, 0.6) is 0 Å². The number of carbonyl (C=O) groups excluding carboxylic acids is 2. The maximum Gasteiger partial charge on any atom is 0.508 e. The zero-order chi connectivity index (χ0) is 17.2. The number of carbonyl (C=O) groups is 2. The van der Waals surface area contributed by atoms with Gasteiger partial charge in [-0.2, -0.15) is 0 Å². The second kappa shape index (κ2) is 9.77. The Morgan fingerprint density at radius 3 is 2.32 bits per heavy atom. The zero-order valence-electron chi connectivity index (χ0n) is 12.9. The van der Waals surface area contributed by atoms with Crippen molar-refractivity contribution in [3.63, 3.8) is 0 Å². The fourth-order valence-corrected chi connectivity index (χ4v) is 1.14. The monoisotopic (exact) mass is 322 g/mol. The summed E-state index contributed by atoms with van der Waals surface area (Å²) in [6.45, 7) is 4.65. The lowest BCUT2D eigenvalue weighted by Crippen LogP contribution is -2.41. The van der Waals surface area contributed by atoms with Crippen molar-refractivity contribution in [2.45, 2.75) is 45.3 Å². The molecule has 0 radical (unpaired) electrons. The minimum Gasteiger partial charge on any atom is -0.459 e. The fraction of sp³-hybridized carbons (Fsp3) is 0.833. The van der Waals surface area contributed by atoms with Gasteiger partial charge in [0.15, 0.2) is 0 Å². The molecule has 0 aromatic heterocycles. The van der Waals surface area contributed by atoms with E-state index < -0.39 is 28.9 Å². The van der Waals surface area contributed by atoms with Gasteiger partial charge in [0.25, 0.3) is 5.09 Å². The first-order valence-electron chi connectivity index (χ1n) is 6.67. The summed E-state index contributed by atoms with van der Waals surface area (Å²) in [5, 5.41) is 8.96. The predicted molar refractivity (Wildman–Crippen MR) is 73.3 cm³/mol. The first kappa shape index (κ1) is 19.9. The van der Waals surface area contributed by atoms with Gasteiger partial charge in [-0.05, 0) is 33.6 Å². The maximum atomic E-state index is 11.5. The second-order valence-electron chi connectivity index (χ2n) is 5.31. The SMILES string of the molecule is CC(C)(C)OC(=O)C(N)COC(=O)OCCCCO[N+](=O)[O-]. The number of rotatable bonds is 9. The lowest BCUT2D eigenvalue weighted by atomic mass is 10.2. The van der Waals surface area contributed by atoms with Gasteiger partial charge in [-0.3, -0.25) is 4.79 Å². The summed E-state index contributed by atoms with van der Waals surface area (Å²) in [6, 6.07) is -1.10. The van der Waals surface area contributed by atoms with E-state index in [1.807, 2.05) is 0 Å². The van der Waals surface area contributed by atoms with E-state index in [-0.39, 0.29) is 19.8 Å². The van der Waals surface area contributed by atoms with Crippen LogP contribution in [0.1, 0.15) is 33.6 Å². The van der Waals surface area contributed by atoms with Gasteiger partial charge in [-0.15, -0.1) is 10.1 Å². The predicted octanol–water partition coefficient (Wildman–Crippen LogP) is 0.797.